The fourth-order valence-corrected chi connectivity index (χ4v) is 2.27. The molecule has 0 saturated heterocycles. The third kappa shape index (κ3) is 5.70. The molecule has 0 aliphatic rings. The van der Waals surface area contributed by atoms with Crippen LogP contribution in [0.2, 0.25) is 0 Å². The van der Waals surface area contributed by atoms with Gasteiger partial charge < -0.3 is 10.1 Å². The maximum Gasteiger partial charge on any atom is 0.416 e. The Morgan fingerprint density at radius 1 is 1.14 bits per heavy atom. The van der Waals surface area contributed by atoms with Crippen LogP contribution in [-0.4, -0.2) is 27.8 Å². The van der Waals surface area contributed by atoms with Gasteiger partial charge in [0.2, 0.25) is 0 Å². The normalized spacial score (nSPS) is 13.0. The lowest BCUT2D eigenvalue weighted by Gasteiger charge is -2.15. The highest BCUT2D eigenvalue weighted by atomic mass is 19.4. The molecule has 0 radical (unpaired) electrons. The number of ether oxygens (including phenoxy) is 1. The molecule has 28 heavy (non-hydrogen) atoms. The Kier molecular flexibility index (Phi) is 6.61. The average Bonchev–Trinajstić information content (AvgIpc) is 3.08. The van der Waals surface area contributed by atoms with Crippen molar-refractivity contribution in [1.82, 2.24) is 9.78 Å². The minimum absolute atomic E-state index is 0.0369. The molecule has 150 valence electrons. The number of esters is 1. The Balaban J connectivity index is 1.92. The lowest BCUT2D eigenvalue weighted by molar-refractivity contribution is -0.148. The molecular weight excluding hydrogens is 375 g/mol. The molecule has 0 fully saturated rings. The fourth-order valence-electron chi connectivity index (χ4n) is 2.27. The fraction of sp³-hybridized carbons (Fsp3) is 0.316. The second kappa shape index (κ2) is 8.73. The van der Waals surface area contributed by atoms with Gasteiger partial charge in [0, 0.05) is 18.2 Å². The van der Waals surface area contributed by atoms with Gasteiger partial charge in [0.15, 0.2) is 6.10 Å². The van der Waals surface area contributed by atoms with Gasteiger partial charge in [-0.25, -0.2) is 9.48 Å². The molecule has 0 aliphatic carbocycles. The molecule has 1 aromatic carbocycles. The number of nitrogens with zero attached hydrogens (tertiary/aromatic N) is 2. The van der Waals surface area contributed by atoms with Crippen LogP contribution < -0.4 is 5.32 Å². The summed E-state index contributed by atoms with van der Waals surface area (Å²) in [6.45, 7) is 5.21. The third-order valence-corrected chi connectivity index (χ3v) is 3.72. The van der Waals surface area contributed by atoms with Crippen molar-refractivity contribution in [2.24, 2.45) is 0 Å². The summed E-state index contributed by atoms with van der Waals surface area (Å²) in [4.78, 5) is 24.0. The SMILES string of the molecule is CC(C)n1nccc1NC(=O)[C@H](C)OC(=O)/C=C/c1ccc(C(F)(F)F)cc1. The number of nitrogens with one attached hydrogen (secondary N) is 1. The van der Waals surface area contributed by atoms with Gasteiger partial charge in [-0.1, -0.05) is 12.1 Å². The van der Waals surface area contributed by atoms with Crippen molar-refractivity contribution in [3.05, 3.63) is 53.7 Å². The quantitative estimate of drug-likeness (QED) is 0.591. The van der Waals surface area contributed by atoms with Gasteiger partial charge in [0.05, 0.1) is 11.8 Å². The van der Waals surface area contributed by atoms with E-state index < -0.39 is 29.7 Å². The van der Waals surface area contributed by atoms with E-state index in [1.54, 1.807) is 16.9 Å². The number of hydrogen-bond donors (Lipinski definition) is 1. The van der Waals surface area contributed by atoms with Crippen molar-refractivity contribution in [3.8, 4) is 0 Å². The zero-order chi connectivity index (χ0) is 20.9. The van der Waals surface area contributed by atoms with E-state index in [-0.39, 0.29) is 6.04 Å². The van der Waals surface area contributed by atoms with E-state index in [1.165, 1.54) is 25.1 Å². The van der Waals surface area contributed by atoms with Gasteiger partial charge in [0.1, 0.15) is 5.82 Å². The van der Waals surface area contributed by atoms with Gasteiger partial charge in [-0.05, 0) is 44.5 Å². The lowest BCUT2D eigenvalue weighted by Crippen LogP contribution is -2.30. The van der Waals surface area contributed by atoms with E-state index in [0.29, 0.717) is 11.4 Å². The number of anilines is 1. The number of rotatable bonds is 6. The molecule has 1 atom stereocenters. The Morgan fingerprint density at radius 2 is 1.79 bits per heavy atom. The van der Waals surface area contributed by atoms with Crippen LogP contribution in [0.3, 0.4) is 0 Å². The molecule has 2 rings (SSSR count). The molecular formula is C19H20F3N3O3. The summed E-state index contributed by atoms with van der Waals surface area (Å²) in [7, 11) is 0. The van der Waals surface area contributed by atoms with E-state index in [1.807, 2.05) is 13.8 Å². The molecule has 0 saturated carbocycles. The number of amides is 1. The summed E-state index contributed by atoms with van der Waals surface area (Å²) in [6.07, 6.45) is -1.60. The van der Waals surface area contributed by atoms with Crippen molar-refractivity contribution in [3.63, 3.8) is 0 Å². The number of aromatic nitrogens is 2. The van der Waals surface area contributed by atoms with Crippen molar-refractivity contribution in [1.29, 1.82) is 0 Å². The number of carbonyl (C=O) groups is 2. The van der Waals surface area contributed by atoms with Crippen molar-refractivity contribution < 1.29 is 27.5 Å². The molecule has 1 aromatic heterocycles. The summed E-state index contributed by atoms with van der Waals surface area (Å²) in [6, 6.07) is 5.95. The number of benzene rings is 1. The largest absolute Gasteiger partial charge is 0.449 e. The molecule has 0 aliphatic heterocycles. The Bertz CT molecular complexity index is 855. The second-order valence-electron chi connectivity index (χ2n) is 6.28. The topological polar surface area (TPSA) is 73.2 Å². The lowest BCUT2D eigenvalue weighted by atomic mass is 10.1. The van der Waals surface area contributed by atoms with Gasteiger partial charge in [-0.2, -0.15) is 18.3 Å². The monoisotopic (exact) mass is 395 g/mol. The standard InChI is InChI=1S/C19H20F3N3O3/c1-12(2)25-16(10-11-23-25)24-18(27)13(3)28-17(26)9-6-14-4-7-15(8-5-14)19(20,21)22/h4-13H,1-3H3,(H,24,27)/b9-6+/t13-/m0/s1. The average molecular weight is 395 g/mol. The summed E-state index contributed by atoms with van der Waals surface area (Å²) in [5.74, 6) is -0.846. The summed E-state index contributed by atoms with van der Waals surface area (Å²) >= 11 is 0. The summed E-state index contributed by atoms with van der Waals surface area (Å²) in [5, 5.41) is 6.71. The van der Waals surface area contributed by atoms with Crippen LogP contribution in [0.25, 0.3) is 6.08 Å². The molecule has 6 nitrogen and oxygen atoms in total. The number of carbonyl (C=O) groups excluding carboxylic acids is 2. The highest BCUT2D eigenvalue weighted by Gasteiger charge is 2.29. The maximum absolute atomic E-state index is 12.5. The predicted molar refractivity (Wildman–Crippen MR) is 97.3 cm³/mol. The first-order valence-electron chi connectivity index (χ1n) is 8.48. The van der Waals surface area contributed by atoms with E-state index in [2.05, 4.69) is 10.4 Å². The number of alkyl halides is 3. The second-order valence-corrected chi connectivity index (χ2v) is 6.28. The molecule has 1 N–H and O–H groups in total. The van der Waals surface area contributed by atoms with Gasteiger partial charge >= 0.3 is 12.1 Å². The summed E-state index contributed by atoms with van der Waals surface area (Å²) < 4.78 is 44.2. The van der Waals surface area contributed by atoms with Gasteiger partial charge in [-0.3, -0.25) is 4.79 Å². The van der Waals surface area contributed by atoms with Gasteiger partial charge in [-0.15, -0.1) is 0 Å². The Hall–Kier alpha value is -3.10. The Labute approximate surface area is 160 Å². The minimum Gasteiger partial charge on any atom is -0.449 e. The van der Waals surface area contributed by atoms with Crippen LogP contribution >= 0.6 is 0 Å². The molecule has 1 amide bonds. The number of halogens is 3. The van der Waals surface area contributed by atoms with E-state index in [9.17, 15) is 22.8 Å². The minimum atomic E-state index is -4.42. The third-order valence-electron chi connectivity index (χ3n) is 3.72. The molecule has 0 bridgehead atoms. The molecule has 2 aromatic rings. The van der Waals surface area contributed by atoms with Crippen LogP contribution in [0.4, 0.5) is 19.0 Å². The van der Waals surface area contributed by atoms with Crippen LogP contribution in [0, 0.1) is 0 Å². The number of hydrogen-bond acceptors (Lipinski definition) is 4. The smallest absolute Gasteiger partial charge is 0.416 e. The maximum atomic E-state index is 12.5. The molecule has 9 heteroatoms. The van der Waals surface area contributed by atoms with Crippen molar-refractivity contribution in [2.75, 3.05) is 5.32 Å². The Morgan fingerprint density at radius 3 is 2.36 bits per heavy atom. The van der Waals surface area contributed by atoms with Crippen LogP contribution in [0.1, 0.15) is 37.9 Å². The summed E-state index contributed by atoms with van der Waals surface area (Å²) in [5.41, 5.74) is -0.388. The van der Waals surface area contributed by atoms with E-state index in [0.717, 1.165) is 18.2 Å². The zero-order valence-electron chi connectivity index (χ0n) is 15.5. The first-order valence-corrected chi connectivity index (χ1v) is 8.48. The zero-order valence-corrected chi connectivity index (χ0v) is 15.5. The van der Waals surface area contributed by atoms with E-state index >= 15 is 0 Å². The van der Waals surface area contributed by atoms with E-state index in [4.69, 9.17) is 4.74 Å². The van der Waals surface area contributed by atoms with Crippen molar-refractivity contribution >= 4 is 23.8 Å². The molecule has 0 unspecified atom stereocenters. The van der Waals surface area contributed by atoms with Crippen LogP contribution in [-0.2, 0) is 20.5 Å². The van der Waals surface area contributed by atoms with Gasteiger partial charge in [0.25, 0.3) is 5.91 Å². The highest BCUT2D eigenvalue weighted by molar-refractivity contribution is 5.96. The van der Waals surface area contributed by atoms with Crippen LogP contribution in [0.15, 0.2) is 42.6 Å². The first-order chi connectivity index (χ1) is 13.1. The van der Waals surface area contributed by atoms with Crippen molar-refractivity contribution in [2.45, 2.75) is 39.1 Å². The highest BCUT2D eigenvalue weighted by Crippen LogP contribution is 2.29. The predicted octanol–water partition coefficient (Wildman–Crippen LogP) is 4.07. The van der Waals surface area contributed by atoms with Crippen LogP contribution in [0.5, 0.6) is 0 Å². The first kappa shape index (κ1) is 21.2. The molecule has 1 heterocycles. The molecule has 0 spiro atoms.